The lowest BCUT2D eigenvalue weighted by Crippen LogP contribution is -2.27. The first-order chi connectivity index (χ1) is 10.1. The normalized spacial score (nSPS) is 17.9. The maximum Gasteiger partial charge on any atom is 0.335 e. The van der Waals surface area contributed by atoms with Crippen LogP contribution in [0.1, 0.15) is 28.8 Å². The van der Waals surface area contributed by atoms with Gasteiger partial charge in [-0.2, -0.15) is 0 Å². The molecule has 104 valence electrons. The quantitative estimate of drug-likeness (QED) is 0.919. The molecule has 0 aromatic heterocycles. The molecule has 1 aliphatic heterocycles. The number of fused-ring (bicyclic) bond motifs is 2. The first-order valence-corrected chi connectivity index (χ1v) is 6.91. The average Bonchev–Trinajstić information content (AvgIpc) is 3.26. The lowest BCUT2D eigenvalue weighted by molar-refractivity contribution is -0.119. The predicted molar refractivity (Wildman–Crippen MR) is 77.9 cm³/mol. The lowest BCUT2D eigenvalue weighted by Gasteiger charge is -2.18. The van der Waals surface area contributed by atoms with E-state index in [1.54, 1.807) is 23.1 Å². The van der Waals surface area contributed by atoms with Gasteiger partial charge in [-0.25, -0.2) is 4.79 Å². The summed E-state index contributed by atoms with van der Waals surface area (Å²) in [6.07, 6.45) is 1.59. The molecule has 2 aromatic rings. The highest BCUT2D eigenvalue weighted by atomic mass is 16.4. The summed E-state index contributed by atoms with van der Waals surface area (Å²) in [4.78, 5) is 25.7. The fraction of sp³-hybridized carbons (Fsp3) is 0.176. The third-order valence-corrected chi connectivity index (χ3v) is 4.38. The molecule has 0 bridgehead atoms. The van der Waals surface area contributed by atoms with Crippen LogP contribution in [0.25, 0.3) is 0 Å². The third kappa shape index (κ3) is 1.56. The number of para-hydroxylation sites is 1. The van der Waals surface area contributed by atoms with Crippen molar-refractivity contribution in [2.75, 3.05) is 4.90 Å². The van der Waals surface area contributed by atoms with Gasteiger partial charge in [-0.05, 0) is 48.7 Å². The van der Waals surface area contributed by atoms with Gasteiger partial charge >= 0.3 is 5.97 Å². The molecule has 2 aromatic carbocycles. The second kappa shape index (κ2) is 3.95. The van der Waals surface area contributed by atoms with E-state index in [0.29, 0.717) is 0 Å². The van der Waals surface area contributed by atoms with E-state index < -0.39 is 11.4 Å². The smallest absolute Gasteiger partial charge is 0.335 e. The Morgan fingerprint density at radius 1 is 1.10 bits per heavy atom. The summed E-state index contributed by atoms with van der Waals surface area (Å²) in [5.41, 5.74) is 2.25. The van der Waals surface area contributed by atoms with Crippen molar-refractivity contribution >= 4 is 23.3 Å². The van der Waals surface area contributed by atoms with E-state index in [1.807, 2.05) is 30.3 Å². The van der Waals surface area contributed by atoms with Gasteiger partial charge in [0.05, 0.1) is 16.7 Å². The van der Waals surface area contributed by atoms with Crippen molar-refractivity contribution in [2.45, 2.75) is 18.3 Å². The number of carboxylic acids is 1. The standard InChI is InChI=1S/C17H13NO3/c19-15(20)11-6-7-14-13(10-11)17(8-9-17)16(21)18(14)12-4-2-1-3-5-12/h1-7,10H,8-9H2,(H,19,20). The first kappa shape index (κ1) is 12.1. The average molecular weight is 279 g/mol. The second-order valence-corrected chi connectivity index (χ2v) is 5.60. The highest BCUT2D eigenvalue weighted by molar-refractivity contribution is 6.15. The number of anilines is 2. The van der Waals surface area contributed by atoms with Crippen molar-refractivity contribution in [1.82, 2.24) is 0 Å². The Balaban J connectivity index is 1.91. The van der Waals surface area contributed by atoms with Crippen LogP contribution in [0.5, 0.6) is 0 Å². The number of aromatic carboxylic acids is 1. The van der Waals surface area contributed by atoms with E-state index in [4.69, 9.17) is 5.11 Å². The van der Waals surface area contributed by atoms with Crippen molar-refractivity contribution in [2.24, 2.45) is 0 Å². The van der Waals surface area contributed by atoms with Crippen LogP contribution >= 0.6 is 0 Å². The molecule has 4 heteroatoms. The summed E-state index contributed by atoms with van der Waals surface area (Å²) in [7, 11) is 0. The van der Waals surface area contributed by atoms with E-state index >= 15 is 0 Å². The largest absolute Gasteiger partial charge is 0.478 e. The van der Waals surface area contributed by atoms with Crippen molar-refractivity contribution in [1.29, 1.82) is 0 Å². The Morgan fingerprint density at radius 3 is 2.43 bits per heavy atom. The minimum absolute atomic E-state index is 0.0613. The number of rotatable bonds is 2. The summed E-state index contributed by atoms with van der Waals surface area (Å²) < 4.78 is 0. The van der Waals surface area contributed by atoms with Crippen molar-refractivity contribution in [3.8, 4) is 0 Å². The van der Waals surface area contributed by atoms with E-state index in [9.17, 15) is 9.59 Å². The molecular formula is C17H13NO3. The summed E-state index contributed by atoms with van der Waals surface area (Å²) in [5.74, 6) is -0.898. The minimum atomic E-state index is -0.959. The van der Waals surface area contributed by atoms with Gasteiger partial charge in [0, 0.05) is 5.69 Å². The van der Waals surface area contributed by atoms with Crippen LogP contribution in [0.2, 0.25) is 0 Å². The number of carboxylic acid groups (broad SMARTS) is 1. The van der Waals surface area contributed by atoms with E-state index in [1.165, 1.54) is 0 Å². The molecular weight excluding hydrogens is 266 g/mol. The second-order valence-electron chi connectivity index (χ2n) is 5.60. The lowest BCUT2D eigenvalue weighted by atomic mass is 9.96. The maximum absolute atomic E-state index is 12.8. The van der Waals surface area contributed by atoms with Gasteiger partial charge in [0.15, 0.2) is 0 Å². The molecule has 0 radical (unpaired) electrons. The minimum Gasteiger partial charge on any atom is -0.478 e. The van der Waals surface area contributed by atoms with Crippen LogP contribution in [0.15, 0.2) is 48.5 Å². The van der Waals surface area contributed by atoms with Crippen LogP contribution in [0, 0.1) is 0 Å². The van der Waals surface area contributed by atoms with Crippen LogP contribution in [0.3, 0.4) is 0 Å². The van der Waals surface area contributed by atoms with Gasteiger partial charge in [-0.1, -0.05) is 18.2 Å². The fourth-order valence-electron chi connectivity index (χ4n) is 3.13. The summed E-state index contributed by atoms with van der Waals surface area (Å²) >= 11 is 0. The number of carbonyl (C=O) groups is 2. The molecule has 1 fully saturated rings. The Bertz CT molecular complexity index is 763. The number of carbonyl (C=O) groups excluding carboxylic acids is 1. The number of hydrogen-bond donors (Lipinski definition) is 1. The molecule has 4 nitrogen and oxygen atoms in total. The van der Waals surface area contributed by atoms with Crippen molar-refractivity contribution in [3.05, 3.63) is 59.7 Å². The summed E-state index contributed by atoms with van der Waals surface area (Å²) in [5, 5.41) is 9.16. The molecule has 1 saturated carbocycles. The molecule has 0 atom stereocenters. The van der Waals surface area contributed by atoms with Gasteiger partial charge in [0.25, 0.3) is 0 Å². The summed E-state index contributed by atoms with van der Waals surface area (Å²) in [6.45, 7) is 0. The zero-order valence-electron chi connectivity index (χ0n) is 11.2. The molecule has 1 amide bonds. The maximum atomic E-state index is 12.8. The highest BCUT2D eigenvalue weighted by Crippen LogP contribution is 2.59. The van der Waals surface area contributed by atoms with Crippen LogP contribution in [-0.2, 0) is 10.2 Å². The Kier molecular flexibility index (Phi) is 2.28. The number of benzene rings is 2. The predicted octanol–water partition coefficient (Wildman–Crippen LogP) is 3.09. The van der Waals surface area contributed by atoms with Gasteiger partial charge in [-0.15, -0.1) is 0 Å². The van der Waals surface area contributed by atoms with Gasteiger partial charge < -0.3 is 5.11 Å². The van der Waals surface area contributed by atoms with Crippen LogP contribution in [0.4, 0.5) is 11.4 Å². The molecule has 1 heterocycles. The Morgan fingerprint density at radius 2 is 1.81 bits per heavy atom. The molecule has 0 unspecified atom stereocenters. The summed E-state index contributed by atoms with van der Waals surface area (Å²) in [6, 6.07) is 14.5. The number of amides is 1. The molecule has 2 aliphatic rings. The molecule has 21 heavy (non-hydrogen) atoms. The van der Waals surface area contributed by atoms with Gasteiger partial charge in [0.2, 0.25) is 5.91 Å². The first-order valence-electron chi connectivity index (χ1n) is 6.91. The zero-order valence-corrected chi connectivity index (χ0v) is 11.2. The van der Waals surface area contributed by atoms with Gasteiger partial charge in [-0.3, -0.25) is 9.69 Å². The highest BCUT2D eigenvalue weighted by Gasteiger charge is 2.59. The number of nitrogens with zero attached hydrogens (tertiary/aromatic N) is 1. The fourth-order valence-corrected chi connectivity index (χ4v) is 3.13. The number of hydrogen-bond acceptors (Lipinski definition) is 2. The Hall–Kier alpha value is -2.62. The molecule has 4 rings (SSSR count). The SMILES string of the molecule is O=C(O)c1ccc2c(c1)C1(CC1)C(=O)N2c1ccccc1. The topological polar surface area (TPSA) is 57.6 Å². The van der Waals surface area contributed by atoms with Crippen LogP contribution < -0.4 is 4.90 Å². The zero-order chi connectivity index (χ0) is 14.6. The Labute approximate surface area is 121 Å². The van der Waals surface area contributed by atoms with Crippen molar-refractivity contribution < 1.29 is 14.7 Å². The van der Waals surface area contributed by atoms with E-state index in [0.717, 1.165) is 29.8 Å². The monoisotopic (exact) mass is 279 g/mol. The molecule has 1 aliphatic carbocycles. The van der Waals surface area contributed by atoms with E-state index in [-0.39, 0.29) is 11.5 Å². The van der Waals surface area contributed by atoms with Gasteiger partial charge in [0.1, 0.15) is 0 Å². The molecule has 1 spiro atoms. The van der Waals surface area contributed by atoms with E-state index in [2.05, 4.69) is 0 Å². The molecule has 0 saturated heterocycles. The molecule has 1 N–H and O–H groups in total. The van der Waals surface area contributed by atoms with Crippen molar-refractivity contribution in [3.63, 3.8) is 0 Å². The van der Waals surface area contributed by atoms with Crippen LogP contribution in [-0.4, -0.2) is 17.0 Å². The third-order valence-electron chi connectivity index (χ3n) is 4.38.